The number of halogens is 3. The molecule has 42 heavy (non-hydrogen) atoms. The van der Waals surface area contributed by atoms with Gasteiger partial charge in [-0.05, 0) is 44.6 Å². The summed E-state index contributed by atoms with van der Waals surface area (Å²) in [7, 11) is 0. The fourth-order valence-electron chi connectivity index (χ4n) is 6.12. The molecular formula is C29H32F3N9O. The van der Waals surface area contributed by atoms with Crippen LogP contribution in [0, 0.1) is 11.3 Å². The highest BCUT2D eigenvalue weighted by Gasteiger charge is 2.49. The number of piperidine rings is 1. The number of rotatable bonds is 9. The van der Waals surface area contributed by atoms with E-state index >= 15 is 0 Å². The summed E-state index contributed by atoms with van der Waals surface area (Å²) in [6.45, 7) is 3.50. The van der Waals surface area contributed by atoms with Crippen LogP contribution in [0.4, 0.5) is 13.2 Å². The first-order chi connectivity index (χ1) is 20.3. The van der Waals surface area contributed by atoms with E-state index in [2.05, 4.69) is 41.0 Å². The van der Waals surface area contributed by atoms with Crippen LogP contribution in [0.1, 0.15) is 63.4 Å². The van der Waals surface area contributed by atoms with Crippen molar-refractivity contribution in [2.45, 2.75) is 82.2 Å². The number of aromatic nitrogens is 7. The molecule has 0 atom stereocenters. The number of alkyl halides is 3. The second kappa shape index (κ2) is 11.3. The molecule has 6 rings (SSSR count). The van der Waals surface area contributed by atoms with Crippen LogP contribution in [0.25, 0.3) is 22.3 Å². The second-order valence-corrected chi connectivity index (χ2v) is 11.2. The van der Waals surface area contributed by atoms with Crippen LogP contribution in [0.5, 0.6) is 5.88 Å². The highest BCUT2D eigenvalue weighted by molar-refractivity contribution is 5.90. The van der Waals surface area contributed by atoms with Crippen molar-refractivity contribution in [3.63, 3.8) is 0 Å². The molecule has 0 bridgehead atoms. The van der Waals surface area contributed by atoms with Gasteiger partial charge in [0.05, 0.1) is 29.9 Å². The van der Waals surface area contributed by atoms with E-state index in [4.69, 9.17) is 4.74 Å². The van der Waals surface area contributed by atoms with Crippen LogP contribution in [-0.4, -0.2) is 64.8 Å². The summed E-state index contributed by atoms with van der Waals surface area (Å²) in [5.41, 5.74) is 2.39. The summed E-state index contributed by atoms with van der Waals surface area (Å²) in [5, 5.41) is 15.2. The number of H-pyrrole nitrogens is 1. The van der Waals surface area contributed by atoms with Crippen molar-refractivity contribution in [3.8, 4) is 23.2 Å². The predicted octanol–water partition coefficient (Wildman–Crippen LogP) is 5.29. The summed E-state index contributed by atoms with van der Waals surface area (Å²) in [6, 6.07) is 6.12. The molecular weight excluding hydrogens is 547 g/mol. The lowest BCUT2D eigenvalue weighted by molar-refractivity contribution is -0.145. The number of nitrogens with zero attached hydrogens (tertiary/aromatic N) is 8. The van der Waals surface area contributed by atoms with Gasteiger partial charge in [-0.3, -0.25) is 9.58 Å². The SMILES string of the molecule is CCCCc1cc(OC2CCN(C3CC(CC#N)(n4cc(-c5ncnc6[nH]ccc56)cn4)C3)CC2)nc(C(F)(F)F)n1. The van der Waals surface area contributed by atoms with E-state index in [9.17, 15) is 18.4 Å². The number of fused-ring (bicyclic) bond motifs is 1. The third-order valence-corrected chi connectivity index (χ3v) is 8.41. The molecule has 0 spiro atoms. The Bertz CT molecular complexity index is 1580. The molecule has 0 aromatic carbocycles. The van der Waals surface area contributed by atoms with Crippen LogP contribution in [0.3, 0.4) is 0 Å². The zero-order valence-corrected chi connectivity index (χ0v) is 23.3. The molecule has 1 aliphatic heterocycles. The van der Waals surface area contributed by atoms with E-state index in [1.807, 2.05) is 30.1 Å². The molecule has 4 aromatic rings. The van der Waals surface area contributed by atoms with Gasteiger partial charge in [0.1, 0.15) is 18.1 Å². The third-order valence-electron chi connectivity index (χ3n) is 8.41. The maximum Gasteiger partial charge on any atom is 0.451 e. The van der Waals surface area contributed by atoms with Gasteiger partial charge in [-0.1, -0.05) is 13.3 Å². The van der Waals surface area contributed by atoms with Crippen molar-refractivity contribution in [2.24, 2.45) is 0 Å². The largest absolute Gasteiger partial charge is 0.474 e. The van der Waals surface area contributed by atoms with Gasteiger partial charge >= 0.3 is 6.18 Å². The lowest BCUT2D eigenvalue weighted by Gasteiger charge is -2.52. The van der Waals surface area contributed by atoms with E-state index in [0.717, 1.165) is 61.1 Å². The van der Waals surface area contributed by atoms with Gasteiger partial charge in [0.25, 0.3) is 0 Å². The van der Waals surface area contributed by atoms with Crippen molar-refractivity contribution < 1.29 is 17.9 Å². The average molecular weight is 580 g/mol. The first-order valence-corrected chi connectivity index (χ1v) is 14.3. The normalized spacial score (nSPS) is 21.7. The Morgan fingerprint density at radius 3 is 2.74 bits per heavy atom. The molecule has 0 radical (unpaired) electrons. The van der Waals surface area contributed by atoms with Gasteiger partial charge in [0, 0.05) is 54.2 Å². The second-order valence-electron chi connectivity index (χ2n) is 11.2. The van der Waals surface area contributed by atoms with E-state index in [1.165, 1.54) is 6.33 Å². The number of ether oxygens (including phenoxy) is 1. The number of hydrogen-bond donors (Lipinski definition) is 1. The van der Waals surface area contributed by atoms with Gasteiger partial charge < -0.3 is 9.72 Å². The number of nitrogens with one attached hydrogen (secondary N) is 1. The van der Waals surface area contributed by atoms with Gasteiger partial charge in [0.15, 0.2) is 0 Å². The Hall–Kier alpha value is -4.05. The van der Waals surface area contributed by atoms with E-state index in [1.54, 1.807) is 12.3 Å². The van der Waals surface area contributed by atoms with Gasteiger partial charge in [-0.2, -0.15) is 28.5 Å². The Kier molecular flexibility index (Phi) is 7.57. The highest BCUT2D eigenvalue weighted by atomic mass is 19.4. The van der Waals surface area contributed by atoms with Crippen molar-refractivity contribution in [1.29, 1.82) is 5.26 Å². The van der Waals surface area contributed by atoms with Crippen LogP contribution in [-0.2, 0) is 18.1 Å². The van der Waals surface area contributed by atoms with Crippen molar-refractivity contribution in [2.75, 3.05) is 13.1 Å². The minimum atomic E-state index is -4.62. The topological polar surface area (TPSA) is 121 Å². The van der Waals surface area contributed by atoms with Crippen LogP contribution >= 0.6 is 0 Å². The highest BCUT2D eigenvalue weighted by Crippen LogP contribution is 2.45. The molecule has 0 unspecified atom stereocenters. The molecule has 1 N–H and O–H groups in total. The fraction of sp³-hybridized carbons (Fsp3) is 0.517. The number of likely N-dealkylation sites (tertiary alicyclic amines) is 1. The molecule has 2 fully saturated rings. The third kappa shape index (κ3) is 5.55. The first kappa shape index (κ1) is 28.1. The lowest BCUT2D eigenvalue weighted by atomic mass is 9.69. The molecule has 220 valence electrons. The minimum absolute atomic E-state index is 0.00588. The van der Waals surface area contributed by atoms with Crippen molar-refractivity contribution in [1.82, 2.24) is 39.6 Å². The van der Waals surface area contributed by atoms with Crippen LogP contribution < -0.4 is 4.74 Å². The summed E-state index contributed by atoms with van der Waals surface area (Å²) in [5.74, 6) is -1.15. The molecule has 1 saturated carbocycles. The van der Waals surface area contributed by atoms with E-state index < -0.39 is 12.0 Å². The number of hydrogen-bond acceptors (Lipinski definition) is 8. The first-order valence-electron chi connectivity index (χ1n) is 14.3. The standard InChI is InChI=1S/C29H32F3N9O/c1-2-3-4-20-13-24(39-27(38-20)29(30,31)32)42-22-6-11-40(12-7-22)21-14-28(15-21,8-9-33)41-17-19(16-37-41)25-23-5-10-34-26(23)36-18-35-25/h5,10,13,16-18,21-22H,2-4,6-8,11-12,14-15H2,1H3,(H,34,35,36). The molecule has 5 heterocycles. The molecule has 10 nitrogen and oxygen atoms in total. The summed E-state index contributed by atoms with van der Waals surface area (Å²) >= 11 is 0. The summed E-state index contributed by atoms with van der Waals surface area (Å²) in [4.78, 5) is 21.6. The molecule has 1 aliphatic carbocycles. The van der Waals surface area contributed by atoms with Crippen LogP contribution in [0.2, 0.25) is 0 Å². The Balaban J connectivity index is 1.09. The maximum atomic E-state index is 13.4. The predicted molar refractivity (Wildman–Crippen MR) is 147 cm³/mol. The van der Waals surface area contributed by atoms with Crippen molar-refractivity contribution in [3.05, 3.63) is 48.6 Å². The maximum absolute atomic E-state index is 13.4. The lowest BCUT2D eigenvalue weighted by Crippen LogP contribution is -2.58. The Morgan fingerprint density at radius 1 is 1.19 bits per heavy atom. The molecule has 13 heteroatoms. The Morgan fingerprint density at radius 2 is 2.00 bits per heavy atom. The number of unbranched alkanes of at least 4 members (excludes halogenated alkanes) is 1. The fourth-order valence-corrected chi connectivity index (χ4v) is 6.12. The van der Waals surface area contributed by atoms with Crippen LogP contribution in [0.15, 0.2) is 37.1 Å². The van der Waals surface area contributed by atoms with Crippen molar-refractivity contribution >= 4 is 11.0 Å². The van der Waals surface area contributed by atoms with Gasteiger partial charge in [0.2, 0.25) is 11.7 Å². The zero-order valence-electron chi connectivity index (χ0n) is 23.3. The number of aryl methyl sites for hydroxylation is 1. The molecule has 1 saturated heterocycles. The monoisotopic (exact) mass is 579 g/mol. The smallest absolute Gasteiger partial charge is 0.451 e. The zero-order chi connectivity index (χ0) is 29.3. The van der Waals surface area contributed by atoms with E-state index in [0.29, 0.717) is 37.4 Å². The number of aromatic amines is 1. The average Bonchev–Trinajstić information content (AvgIpc) is 3.64. The van der Waals surface area contributed by atoms with E-state index in [-0.39, 0.29) is 17.5 Å². The molecule has 4 aromatic heterocycles. The quantitative estimate of drug-likeness (QED) is 0.284. The summed E-state index contributed by atoms with van der Waals surface area (Å²) in [6.07, 6.45) is 7.62. The number of nitriles is 1. The molecule has 2 aliphatic rings. The van der Waals surface area contributed by atoms with Gasteiger partial charge in [-0.15, -0.1) is 0 Å². The Labute approximate surface area is 241 Å². The minimum Gasteiger partial charge on any atom is -0.474 e. The van der Waals surface area contributed by atoms with Gasteiger partial charge in [-0.25, -0.2) is 15.0 Å². The molecule has 0 amide bonds. The summed E-state index contributed by atoms with van der Waals surface area (Å²) < 4.78 is 48.1.